The summed E-state index contributed by atoms with van der Waals surface area (Å²) in [5.74, 6) is 0.298. The lowest BCUT2D eigenvalue weighted by Crippen LogP contribution is -2.42. The molecule has 1 aromatic carbocycles. The monoisotopic (exact) mass is 373 g/mol. The molecule has 1 heterocycles. The molecule has 1 atom stereocenters. The second kappa shape index (κ2) is 7.94. The van der Waals surface area contributed by atoms with E-state index in [1.54, 1.807) is 11.0 Å². The maximum absolute atomic E-state index is 12.1. The molecule has 0 spiro atoms. The van der Waals surface area contributed by atoms with Crippen LogP contribution in [0.4, 0.5) is 4.79 Å². The zero-order valence-electron chi connectivity index (χ0n) is 14.4. The van der Waals surface area contributed by atoms with Gasteiger partial charge in [-0.2, -0.15) is 0 Å². The fraction of sp³-hybridized carbons (Fsp3) is 0.611. The number of carbonyl (C=O) groups excluding carboxylic acids is 1. The highest BCUT2D eigenvalue weighted by molar-refractivity contribution is 6.42. The first-order valence-corrected chi connectivity index (χ1v) is 9.00. The maximum atomic E-state index is 12.1. The van der Waals surface area contributed by atoms with Gasteiger partial charge in [0.05, 0.1) is 16.7 Å². The second-order valence-electron chi connectivity index (χ2n) is 7.27. The van der Waals surface area contributed by atoms with Crippen molar-refractivity contribution in [1.82, 2.24) is 4.90 Å². The quantitative estimate of drug-likeness (QED) is 0.833. The van der Waals surface area contributed by atoms with Crippen LogP contribution in [0.5, 0.6) is 0 Å². The van der Waals surface area contributed by atoms with Gasteiger partial charge in [-0.3, -0.25) is 0 Å². The number of amides is 1. The molecule has 1 aliphatic rings. The van der Waals surface area contributed by atoms with Crippen molar-refractivity contribution in [3.05, 3.63) is 33.8 Å². The van der Waals surface area contributed by atoms with Crippen LogP contribution in [-0.4, -0.2) is 41.4 Å². The Balaban J connectivity index is 1.99. The van der Waals surface area contributed by atoms with E-state index >= 15 is 0 Å². The van der Waals surface area contributed by atoms with Crippen molar-refractivity contribution in [3.63, 3.8) is 0 Å². The van der Waals surface area contributed by atoms with Crippen LogP contribution in [0, 0.1) is 5.92 Å². The Labute approximate surface area is 153 Å². The van der Waals surface area contributed by atoms with Crippen LogP contribution >= 0.6 is 23.2 Å². The number of nitrogens with zero attached hydrogens (tertiary/aromatic N) is 1. The van der Waals surface area contributed by atoms with Crippen molar-refractivity contribution < 1.29 is 14.6 Å². The van der Waals surface area contributed by atoms with E-state index in [1.165, 1.54) is 0 Å². The van der Waals surface area contributed by atoms with Crippen molar-refractivity contribution in [2.24, 2.45) is 5.92 Å². The summed E-state index contributed by atoms with van der Waals surface area (Å²) < 4.78 is 5.42. The standard InChI is InChI=1S/C18H25Cl2NO3/c1-18(2,3)24-17(23)21-8-6-12(7-9-21)14(11-22)13-4-5-15(19)16(20)10-13/h4-5,10,12,14,22H,6-9,11H2,1-3H3. The van der Waals surface area contributed by atoms with E-state index in [1.807, 2.05) is 32.9 Å². The summed E-state index contributed by atoms with van der Waals surface area (Å²) in [6.45, 7) is 6.92. The van der Waals surface area contributed by atoms with Gasteiger partial charge in [0, 0.05) is 19.0 Å². The first-order chi connectivity index (χ1) is 11.2. The molecular formula is C18H25Cl2NO3. The molecule has 2 rings (SSSR count). The van der Waals surface area contributed by atoms with Crippen molar-refractivity contribution in [2.45, 2.75) is 45.1 Å². The Bertz CT molecular complexity index is 578. The highest BCUT2D eigenvalue weighted by Crippen LogP contribution is 2.35. The molecule has 1 aromatic rings. The van der Waals surface area contributed by atoms with Gasteiger partial charge in [0.2, 0.25) is 0 Å². The topological polar surface area (TPSA) is 49.8 Å². The van der Waals surface area contributed by atoms with E-state index < -0.39 is 5.60 Å². The largest absolute Gasteiger partial charge is 0.444 e. The normalized spacial score (nSPS) is 17.7. The maximum Gasteiger partial charge on any atom is 0.410 e. The van der Waals surface area contributed by atoms with Gasteiger partial charge in [-0.15, -0.1) is 0 Å². The Morgan fingerprint density at radius 1 is 1.29 bits per heavy atom. The second-order valence-corrected chi connectivity index (χ2v) is 8.08. The molecule has 1 amide bonds. The molecule has 0 radical (unpaired) electrons. The number of rotatable bonds is 3. The Hall–Kier alpha value is -0.970. The number of piperidine rings is 1. The van der Waals surface area contributed by atoms with Crippen LogP contribution in [0.25, 0.3) is 0 Å². The zero-order valence-corrected chi connectivity index (χ0v) is 15.9. The summed E-state index contributed by atoms with van der Waals surface area (Å²) in [5.41, 5.74) is 0.504. The molecule has 0 bridgehead atoms. The highest BCUT2D eigenvalue weighted by Gasteiger charge is 2.31. The fourth-order valence-electron chi connectivity index (χ4n) is 3.08. The SMILES string of the molecule is CC(C)(C)OC(=O)N1CCC(C(CO)c2ccc(Cl)c(Cl)c2)CC1. The Morgan fingerprint density at radius 2 is 1.92 bits per heavy atom. The molecule has 0 saturated carbocycles. The minimum absolute atomic E-state index is 0.000512. The van der Waals surface area contributed by atoms with Gasteiger partial charge in [0.15, 0.2) is 0 Å². The summed E-state index contributed by atoms with van der Waals surface area (Å²) in [6.07, 6.45) is 1.38. The molecular weight excluding hydrogens is 349 g/mol. The zero-order chi connectivity index (χ0) is 17.9. The smallest absolute Gasteiger partial charge is 0.410 e. The molecule has 0 aromatic heterocycles. The summed E-state index contributed by atoms with van der Waals surface area (Å²) in [4.78, 5) is 13.9. The van der Waals surface area contributed by atoms with Gasteiger partial charge in [0.25, 0.3) is 0 Å². The lowest BCUT2D eigenvalue weighted by molar-refractivity contribution is 0.0165. The van der Waals surface area contributed by atoms with E-state index in [9.17, 15) is 9.90 Å². The lowest BCUT2D eigenvalue weighted by Gasteiger charge is -2.36. The fourth-order valence-corrected chi connectivity index (χ4v) is 3.39. The first-order valence-electron chi connectivity index (χ1n) is 8.25. The van der Waals surface area contributed by atoms with Crippen LogP contribution in [0.2, 0.25) is 10.0 Å². The number of halogens is 2. The van der Waals surface area contributed by atoms with Gasteiger partial charge >= 0.3 is 6.09 Å². The van der Waals surface area contributed by atoms with Crippen molar-refractivity contribution in [3.8, 4) is 0 Å². The molecule has 1 aliphatic heterocycles. The highest BCUT2D eigenvalue weighted by atomic mass is 35.5. The molecule has 1 N–H and O–H groups in total. The Morgan fingerprint density at radius 3 is 2.42 bits per heavy atom. The lowest BCUT2D eigenvalue weighted by atomic mass is 9.80. The molecule has 1 fully saturated rings. The molecule has 1 saturated heterocycles. The van der Waals surface area contributed by atoms with Crippen LogP contribution in [-0.2, 0) is 4.74 Å². The van der Waals surface area contributed by atoms with Gasteiger partial charge < -0.3 is 14.7 Å². The number of carbonyl (C=O) groups is 1. The Kier molecular flexibility index (Phi) is 6.40. The number of aliphatic hydroxyl groups excluding tert-OH is 1. The van der Waals surface area contributed by atoms with Crippen molar-refractivity contribution in [1.29, 1.82) is 0 Å². The van der Waals surface area contributed by atoms with E-state index in [0.717, 1.165) is 18.4 Å². The van der Waals surface area contributed by atoms with Gasteiger partial charge in [-0.05, 0) is 57.2 Å². The van der Waals surface area contributed by atoms with Crippen molar-refractivity contribution in [2.75, 3.05) is 19.7 Å². The van der Waals surface area contributed by atoms with Crippen LogP contribution in [0.3, 0.4) is 0 Å². The summed E-state index contributed by atoms with van der Waals surface area (Å²) in [7, 11) is 0. The van der Waals surface area contributed by atoms with Crippen LogP contribution < -0.4 is 0 Å². The van der Waals surface area contributed by atoms with E-state index in [0.29, 0.717) is 29.1 Å². The van der Waals surface area contributed by atoms with E-state index in [4.69, 9.17) is 27.9 Å². The van der Waals surface area contributed by atoms with Crippen molar-refractivity contribution >= 4 is 29.3 Å². The molecule has 0 aliphatic carbocycles. The summed E-state index contributed by atoms with van der Waals surface area (Å²) in [6, 6.07) is 5.50. The number of likely N-dealkylation sites (tertiary alicyclic amines) is 1. The average molecular weight is 374 g/mol. The average Bonchev–Trinajstić information content (AvgIpc) is 2.50. The minimum atomic E-state index is -0.485. The predicted octanol–water partition coefficient (Wildman–Crippen LogP) is 4.72. The van der Waals surface area contributed by atoms with Gasteiger partial charge in [-0.1, -0.05) is 29.3 Å². The number of hydrogen-bond acceptors (Lipinski definition) is 3. The number of benzene rings is 1. The van der Waals surface area contributed by atoms with E-state index in [-0.39, 0.29) is 18.6 Å². The third-order valence-corrected chi connectivity index (χ3v) is 5.07. The molecule has 6 heteroatoms. The first kappa shape index (κ1) is 19.4. The van der Waals surface area contributed by atoms with Gasteiger partial charge in [0.1, 0.15) is 5.60 Å². The predicted molar refractivity (Wildman–Crippen MR) is 96.8 cm³/mol. The minimum Gasteiger partial charge on any atom is -0.444 e. The number of hydrogen-bond donors (Lipinski definition) is 1. The third-order valence-electron chi connectivity index (χ3n) is 4.33. The summed E-state index contributed by atoms with van der Waals surface area (Å²) in [5, 5.41) is 10.8. The number of ether oxygens (including phenoxy) is 1. The van der Waals surface area contributed by atoms with E-state index in [2.05, 4.69) is 0 Å². The van der Waals surface area contributed by atoms with Crippen LogP contribution in [0.1, 0.15) is 45.1 Å². The molecule has 4 nitrogen and oxygen atoms in total. The van der Waals surface area contributed by atoms with Gasteiger partial charge in [-0.25, -0.2) is 4.79 Å². The molecule has 134 valence electrons. The number of aliphatic hydroxyl groups is 1. The molecule has 1 unspecified atom stereocenters. The molecule has 24 heavy (non-hydrogen) atoms. The summed E-state index contributed by atoms with van der Waals surface area (Å²) >= 11 is 12.1. The van der Waals surface area contributed by atoms with Crippen LogP contribution in [0.15, 0.2) is 18.2 Å². The third kappa shape index (κ3) is 5.01.